The van der Waals surface area contributed by atoms with E-state index in [-0.39, 0.29) is 17.4 Å². The number of hydrogen-bond acceptors (Lipinski definition) is 4. The van der Waals surface area contributed by atoms with Crippen LogP contribution < -0.4 is 0 Å². The zero-order valence-corrected chi connectivity index (χ0v) is 20.8. The average molecular weight is 460 g/mol. The van der Waals surface area contributed by atoms with Gasteiger partial charge in [0, 0.05) is 5.56 Å². The van der Waals surface area contributed by atoms with E-state index in [4.69, 9.17) is 9.68 Å². The molecule has 0 saturated heterocycles. The van der Waals surface area contributed by atoms with Gasteiger partial charge in [-0.3, -0.25) is 4.79 Å². The molecule has 3 aromatic carbocycles. The van der Waals surface area contributed by atoms with Crippen molar-refractivity contribution in [2.24, 2.45) is 0 Å². The number of rotatable bonds is 5. The molecular formula is C29H33NO4. The molecule has 0 aliphatic heterocycles. The van der Waals surface area contributed by atoms with Gasteiger partial charge in [0.25, 0.3) is 0 Å². The summed E-state index contributed by atoms with van der Waals surface area (Å²) in [6.07, 6.45) is 0. The molecule has 0 radical (unpaired) electrons. The summed E-state index contributed by atoms with van der Waals surface area (Å²) in [6.45, 7) is 12.8. The van der Waals surface area contributed by atoms with Crippen LogP contribution >= 0.6 is 0 Å². The third-order valence-electron chi connectivity index (χ3n) is 5.51. The minimum atomic E-state index is -0.673. The monoisotopic (exact) mass is 459 g/mol. The highest BCUT2D eigenvalue weighted by Gasteiger charge is 2.24. The summed E-state index contributed by atoms with van der Waals surface area (Å²) in [5.74, 6) is -1.24. The molecule has 0 heterocycles. The first-order valence-electron chi connectivity index (χ1n) is 11.4. The van der Waals surface area contributed by atoms with E-state index in [2.05, 4.69) is 41.5 Å². The van der Waals surface area contributed by atoms with Crippen molar-refractivity contribution in [1.29, 1.82) is 0 Å². The molecule has 1 amide bonds. The predicted octanol–water partition coefficient (Wildman–Crippen LogP) is 6.63. The van der Waals surface area contributed by atoms with Crippen molar-refractivity contribution < 1.29 is 19.3 Å². The van der Waals surface area contributed by atoms with Gasteiger partial charge in [-0.25, -0.2) is 9.63 Å². The normalized spacial score (nSPS) is 11.7. The first kappa shape index (κ1) is 25.2. The maximum Gasteiger partial charge on any atom is 0.366 e. The molecular weight excluding hydrogens is 426 g/mol. The predicted molar refractivity (Wildman–Crippen MR) is 133 cm³/mol. The molecule has 0 atom stereocenters. The highest BCUT2D eigenvalue weighted by atomic mass is 17.0. The Balaban J connectivity index is 1.77. The summed E-state index contributed by atoms with van der Waals surface area (Å²) in [4.78, 5) is 36.9. The van der Waals surface area contributed by atoms with Gasteiger partial charge in [0.1, 0.15) is 6.61 Å². The molecule has 0 saturated carbocycles. The Kier molecular flexibility index (Phi) is 7.57. The van der Waals surface area contributed by atoms with E-state index in [9.17, 15) is 9.59 Å². The van der Waals surface area contributed by atoms with Crippen LogP contribution in [0.5, 0.6) is 0 Å². The molecule has 34 heavy (non-hydrogen) atoms. The molecule has 3 aromatic rings. The van der Waals surface area contributed by atoms with Crippen LogP contribution in [-0.2, 0) is 27.1 Å². The highest BCUT2D eigenvalue weighted by molar-refractivity contribution is 5.95. The second-order valence-electron chi connectivity index (χ2n) is 10.4. The Morgan fingerprint density at radius 2 is 1.18 bits per heavy atom. The zero-order valence-electron chi connectivity index (χ0n) is 20.8. The van der Waals surface area contributed by atoms with Crippen LogP contribution in [0, 0.1) is 0 Å². The molecule has 0 fully saturated rings. The van der Waals surface area contributed by atoms with Crippen molar-refractivity contribution in [3.63, 3.8) is 0 Å². The largest absolute Gasteiger partial charge is 0.366 e. The Labute approximate surface area is 202 Å². The molecule has 0 aliphatic carbocycles. The summed E-state index contributed by atoms with van der Waals surface area (Å²) >= 11 is 0. The zero-order chi connectivity index (χ0) is 24.9. The lowest BCUT2D eigenvalue weighted by Gasteiger charge is -2.22. The summed E-state index contributed by atoms with van der Waals surface area (Å²) in [5, 5.41) is 0.674. The number of benzene rings is 3. The molecule has 0 spiro atoms. The van der Waals surface area contributed by atoms with Gasteiger partial charge >= 0.3 is 11.9 Å². The maximum atomic E-state index is 13.0. The minimum Gasteiger partial charge on any atom is -0.306 e. The maximum absolute atomic E-state index is 13.0. The van der Waals surface area contributed by atoms with Gasteiger partial charge in [-0.2, -0.15) is 0 Å². The van der Waals surface area contributed by atoms with E-state index in [1.165, 1.54) is 5.56 Å². The van der Waals surface area contributed by atoms with Crippen molar-refractivity contribution >= 4 is 11.9 Å². The Hall–Kier alpha value is -3.44. The van der Waals surface area contributed by atoms with E-state index >= 15 is 0 Å². The van der Waals surface area contributed by atoms with Crippen LogP contribution in [0.25, 0.3) is 0 Å². The van der Waals surface area contributed by atoms with E-state index in [1.807, 2.05) is 42.5 Å². The van der Waals surface area contributed by atoms with Gasteiger partial charge in [0.05, 0.1) is 5.56 Å². The van der Waals surface area contributed by atoms with Crippen LogP contribution in [0.3, 0.4) is 0 Å². The number of amides is 1. The first-order chi connectivity index (χ1) is 15.9. The highest BCUT2D eigenvalue weighted by Crippen LogP contribution is 2.24. The van der Waals surface area contributed by atoms with Gasteiger partial charge in [0.2, 0.25) is 0 Å². The molecule has 3 rings (SSSR count). The fourth-order valence-corrected chi connectivity index (χ4v) is 3.28. The molecule has 0 unspecified atom stereocenters. The average Bonchev–Trinajstić information content (AvgIpc) is 2.81. The van der Waals surface area contributed by atoms with Crippen LogP contribution in [0.2, 0.25) is 0 Å². The van der Waals surface area contributed by atoms with Crippen molar-refractivity contribution in [1.82, 2.24) is 5.23 Å². The number of carbonyl (C=O) groups excluding carboxylic acids is 2. The van der Waals surface area contributed by atoms with Gasteiger partial charge in [0.15, 0.2) is 0 Å². The molecule has 0 N–H and O–H groups in total. The van der Waals surface area contributed by atoms with Crippen LogP contribution in [0.15, 0.2) is 78.9 Å². The van der Waals surface area contributed by atoms with Crippen LogP contribution in [0.1, 0.15) is 78.9 Å². The fourth-order valence-electron chi connectivity index (χ4n) is 3.28. The van der Waals surface area contributed by atoms with E-state index in [1.54, 1.807) is 36.4 Å². The minimum absolute atomic E-state index is 0.0345. The van der Waals surface area contributed by atoms with E-state index in [0.717, 1.165) is 11.1 Å². The Morgan fingerprint density at radius 1 is 0.676 bits per heavy atom. The Morgan fingerprint density at radius 3 is 1.68 bits per heavy atom. The van der Waals surface area contributed by atoms with E-state index in [0.29, 0.717) is 16.4 Å². The number of hydrogen-bond donors (Lipinski definition) is 0. The molecule has 0 aromatic heterocycles. The smallest absolute Gasteiger partial charge is 0.306 e. The Bertz CT molecular complexity index is 1110. The molecule has 178 valence electrons. The summed E-state index contributed by atoms with van der Waals surface area (Å²) in [7, 11) is 0. The summed E-state index contributed by atoms with van der Waals surface area (Å²) in [5.41, 5.74) is 3.81. The molecule has 0 bridgehead atoms. The van der Waals surface area contributed by atoms with Crippen molar-refractivity contribution in [2.45, 2.75) is 59.0 Å². The van der Waals surface area contributed by atoms with E-state index < -0.39 is 11.9 Å². The lowest BCUT2D eigenvalue weighted by Crippen LogP contribution is -2.33. The first-order valence-corrected chi connectivity index (χ1v) is 11.4. The molecule has 5 nitrogen and oxygen atoms in total. The van der Waals surface area contributed by atoms with Crippen LogP contribution in [0.4, 0.5) is 0 Å². The summed E-state index contributed by atoms with van der Waals surface area (Å²) < 4.78 is 0. The topological polar surface area (TPSA) is 55.8 Å². The van der Waals surface area contributed by atoms with Crippen molar-refractivity contribution in [3.05, 3.63) is 107 Å². The van der Waals surface area contributed by atoms with Crippen molar-refractivity contribution in [2.75, 3.05) is 0 Å². The van der Waals surface area contributed by atoms with Gasteiger partial charge < -0.3 is 4.84 Å². The summed E-state index contributed by atoms with van der Waals surface area (Å²) in [6, 6.07) is 23.7. The quantitative estimate of drug-likeness (QED) is 0.402. The number of nitrogens with zero attached hydrogens (tertiary/aromatic N) is 1. The van der Waals surface area contributed by atoms with Crippen molar-refractivity contribution in [3.8, 4) is 0 Å². The molecule has 0 aliphatic rings. The second-order valence-corrected chi connectivity index (χ2v) is 10.4. The third kappa shape index (κ3) is 6.55. The van der Waals surface area contributed by atoms with Gasteiger partial charge in [-0.05, 0) is 57.0 Å². The second kappa shape index (κ2) is 10.2. The number of carbonyl (C=O) groups is 2. The standard InChI is InChI=1S/C29H33NO4/c1-28(2,3)24-16-12-21(13-17-24)20-33-30(26(31)22-10-8-7-9-11-22)34-27(32)23-14-18-25(19-15-23)29(4,5)6/h7-19H,20H2,1-6H3. The third-order valence-corrected chi connectivity index (χ3v) is 5.51. The molecule has 5 heteroatoms. The fraction of sp³-hybridized carbons (Fsp3) is 0.310. The SMILES string of the molecule is CC(C)(C)c1ccc(CON(OC(=O)c2ccc(C(C)(C)C)cc2)C(=O)c2ccccc2)cc1. The van der Waals surface area contributed by atoms with Gasteiger partial charge in [-0.15, -0.1) is 0 Å². The lowest BCUT2D eigenvalue weighted by atomic mass is 9.87. The van der Waals surface area contributed by atoms with Gasteiger partial charge in [-0.1, -0.05) is 96.1 Å². The number of hydroxylamine groups is 2. The van der Waals surface area contributed by atoms with Crippen LogP contribution in [-0.4, -0.2) is 17.1 Å². The lowest BCUT2D eigenvalue weighted by molar-refractivity contribution is -0.300.